The van der Waals surface area contributed by atoms with Crippen molar-refractivity contribution in [3.8, 4) is 0 Å². The number of hydrogen-bond donors (Lipinski definition) is 2. The minimum atomic E-state index is 0.131. The Bertz CT molecular complexity index is 440. The lowest BCUT2D eigenvalue weighted by Gasteiger charge is -2.23. The van der Waals surface area contributed by atoms with Gasteiger partial charge in [0, 0.05) is 45.2 Å². The summed E-state index contributed by atoms with van der Waals surface area (Å²) in [5, 5.41) is 10.6. The zero-order valence-electron chi connectivity index (χ0n) is 11.3. The van der Waals surface area contributed by atoms with Gasteiger partial charge in [-0.15, -0.1) is 0 Å². The average Bonchev–Trinajstić information content (AvgIpc) is 2.51. The monoisotopic (exact) mass is 251 g/mol. The van der Waals surface area contributed by atoms with Gasteiger partial charge in [-0.05, 0) is 14.0 Å². The van der Waals surface area contributed by atoms with E-state index in [1.165, 1.54) is 5.56 Å². The van der Waals surface area contributed by atoms with Gasteiger partial charge in [0.05, 0.1) is 5.69 Å². The molecule has 2 N–H and O–H groups in total. The van der Waals surface area contributed by atoms with Crippen molar-refractivity contribution in [1.29, 1.82) is 0 Å². The lowest BCUT2D eigenvalue weighted by atomic mass is 10.2. The van der Waals surface area contributed by atoms with Gasteiger partial charge < -0.3 is 15.5 Å². The lowest BCUT2D eigenvalue weighted by molar-refractivity contribution is -0.120. The number of nitrogens with zero attached hydrogens (tertiary/aromatic N) is 3. The molecule has 1 saturated heterocycles. The third-order valence-corrected chi connectivity index (χ3v) is 3.28. The van der Waals surface area contributed by atoms with E-state index in [4.69, 9.17) is 0 Å². The molecule has 0 atom stereocenters. The van der Waals surface area contributed by atoms with Crippen LogP contribution < -0.4 is 15.5 Å². The van der Waals surface area contributed by atoms with E-state index in [2.05, 4.69) is 20.6 Å². The topological polar surface area (TPSA) is 62.2 Å². The number of nitrogens with one attached hydrogen (secondary N) is 2. The van der Waals surface area contributed by atoms with Gasteiger partial charge in [0.2, 0.25) is 5.91 Å². The molecule has 6 nitrogen and oxygen atoms in total. The minimum Gasteiger partial charge on any atom is -0.354 e. The van der Waals surface area contributed by atoms with Crippen molar-refractivity contribution < 1.29 is 4.79 Å². The fourth-order valence-electron chi connectivity index (χ4n) is 2.45. The molecule has 100 valence electrons. The highest BCUT2D eigenvalue weighted by atomic mass is 16.1. The van der Waals surface area contributed by atoms with Crippen LogP contribution in [0.25, 0.3) is 0 Å². The first-order chi connectivity index (χ1) is 8.63. The minimum absolute atomic E-state index is 0.131. The van der Waals surface area contributed by atoms with Gasteiger partial charge in [0.25, 0.3) is 0 Å². The predicted octanol–water partition coefficient (Wildman–Crippen LogP) is -0.226. The van der Waals surface area contributed by atoms with E-state index in [0.29, 0.717) is 13.0 Å². The second kappa shape index (κ2) is 5.39. The van der Waals surface area contributed by atoms with E-state index < -0.39 is 0 Å². The number of rotatable bonds is 3. The van der Waals surface area contributed by atoms with Gasteiger partial charge in [-0.25, -0.2) is 0 Å². The first kappa shape index (κ1) is 12.9. The van der Waals surface area contributed by atoms with Crippen molar-refractivity contribution in [2.45, 2.75) is 19.9 Å². The second-order valence-corrected chi connectivity index (χ2v) is 4.63. The number of carbonyl (C=O) groups excluding carboxylic acids is 1. The SMILES string of the molecule is CNCc1c(C)nn(C)c1N1CCNC(=O)CC1. The molecular weight excluding hydrogens is 230 g/mol. The summed E-state index contributed by atoms with van der Waals surface area (Å²) in [7, 11) is 3.89. The van der Waals surface area contributed by atoms with E-state index in [1.54, 1.807) is 0 Å². The average molecular weight is 251 g/mol. The van der Waals surface area contributed by atoms with Crippen LogP contribution in [0.2, 0.25) is 0 Å². The maximum Gasteiger partial charge on any atom is 0.221 e. The Kier molecular flexibility index (Phi) is 3.86. The third-order valence-electron chi connectivity index (χ3n) is 3.28. The van der Waals surface area contributed by atoms with Crippen LogP contribution in [-0.2, 0) is 18.4 Å². The van der Waals surface area contributed by atoms with Gasteiger partial charge in [0.15, 0.2) is 0 Å². The Labute approximate surface area is 107 Å². The summed E-state index contributed by atoms with van der Waals surface area (Å²) < 4.78 is 1.91. The quantitative estimate of drug-likeness (QED) is 0.779. The molecule has 0 aromatic carbocycles. The van der Waals surface area contributed by atoms with Crippen molar-refractivity contribution in [3.05, 3.63) is 11.3 Å². The molecule has 2 rings (SSSR count). The smallest absolute Gasteiger partial charge is 0.221 e. The fraction of sp³-hybridized carbons (Fsp3) is 0.667. The van der Waals surface area contributed by atoms with Gasteiger partial charge in [-0.2, -0.15) is 5.10 Å². The Balaban J connectivity index is 2.28. The van der Waals surface area contributed by atoms with E-state index in [9.17, 15) is 4.79 Å². The number of anilines is 1. The lowest BCUT2D eigenvalue weighted by Crippen LogP contribution is -2.31. The van der Waals surface area contributed by atoms with Crippen molar-refractivity contribution in [3.63, 3.8) is 0 Å². The van der Waals surface area contributed by atoms with Crippen molar-refractivity contribution in [2.75, 3.05) is 31.6 Å². The Morgan fingerprint density at radius 2 is 2.22 bits per heavy atom. The summed E-state index contributed by atoms with van der Waals surface area (Å²) in [6.07, 6.45) is 0.545. The highest BCUT2D eigenvalue weighted by Gasteiger charge is 2.21. The van der Waals surface area contributed by atoms with E-state index in [-0.39, 0.29) is 5.91 Å². The van der Waals surface area contributed by atoms with Gasteiger partial charge in [-0.1, -0.05) is 0 Å². The number of amides is 1. The van der Waals surface area contributed by atoms with Crippen molar-refractivity contribution >= 4 is 11.7 Å². The third kappa shape index (κ3) is 2.48. The number of hydrogen-bond acceptors (Lipinski definition) is 4. The summed E-state index contributed by atoms with van der Waals surface area (Å²) in [5.74, 6) is 1.25. The van der Waals surface area contributed by atoms with E-state index in [1.807, 2.05) is 25.7 Å². The molecule has 1 fully saturated rings. The maximum absolute atomic E-state index is 11.4. The Morgan fingerprint density at radius 1 is 1.44 bits per heavy atom. The molecular formula is C12H21N5O. The zero-order valence-corrected chi connectivity index (χ0v) is 11.3. The van der Waals surface area contributed by atoms with E-state index in [0.717, 1.165) is 31.1 Å². The molecule has 6 heteroatoms. The summed E-state index contributed by atoms with van der Waals surface area (Å²) >= 11 is 0. The van der Waals surface area contributed by atoms with E-state index >= 15 is 0 Å². The first-order valence-corrected chi connectivity index (χ1v) is 6.32. The number of aromatic nitrogens is 2. The van der Waals surface area contributed by atoms with Crippen LogP contribution in [0, 0.1) is 6.92 Å². The summed E-state index contributed by atoms with van der Waals surface area (Å²) in [4.78, 5) is 13.6. The summed E-state index contributed by atoms with van der Waals surface area (Å²) in [6, 6.07) is 0. The normalized spacial score (nSPS) is 16.6. The van der Waals surface area contributed by atoms with Crippen molar-refractivity contribution in [1.82, 2.24) is 20.4 Å². The predicted molar refractivity (Wildman–Crippen MR) is 70.5 cm³/mol. The molecule has 0 saturated carbocycles. The largest absolute Gasteiger partial charge is 0.354 e. The molecule has 1 amide bonds. The molecule has 1 aromatic heterocycles. The molecule has 0 spiro atoms. The van der Waals surface area contributed by atoms with Gasteiger partial charge in [-0.3, -0.25) is 9.48 Å². The first-order valence-electron chi connectivity index (χ1n) is 6.32. The van der Waals surface area contributed by atoms with Crippen LogP contribution in [0.5, 0.6) is 0 Å². The molecule has 0 aliphatic carbocycles. The standard InChI is InChI=1S/C12H21N5O/c1-9-10(8-13-2)12(16(3)15-9)17-6-4-11(18)14-5-7-17/h13H,4-8H2,1-3H3,(H,14,18). The Hall–Kier alpha value is -1.56. The van der Waals surface area contributed by atoms with Crippen LogP contribution >= 0.6 is 0 Å². The summed E-state index contributed by atoms with van der Waals surface area (Å²) in [6.45, 7) is 5.11. The molecule has 0 unspecified atom stereocenters. The maximum atomic E-state index is 11.4. The molecule has 1 aliphatic heterocycles. The zero-order chi connectivity index (χ0) is 13.1. The van der Waals surface area contributed by atoms with Crippen molar-refractivity contribution in [2.24, 2.45) is 7.05 Å². The van der Waals surface area contributed by atoms with Crippen LogP contribution in [0.15, 0.2) is 0 Å². The second-order valence-electron chi connectivity index (χ2n) is 4.63. The molecule has 0 bridgehead atoms. The molecule has 0 radical (unpaired) electrons. The highest BCUT2D eigenvalue weighted by Crippen LogP contribution is 2.23. The van der Waals surface area contributed by atoms with Crippen LogP contribution in [0.1, 0.15) is 17.7 Å². The highest BCUT2D eigenvalue weighted by molar-refractivity contribution is 5.77. The number of carbonyl (C=O) groups is 1. The molecule has 1 aromatic rings. The Morgan fingerprint density at radius 3 is 2.94 bits per heavy atom. The van der Waals surface area contributed by atoms with Crippen LogP contribution in [0.4, 0.5) is 5.82 Å². The number of aryl methyl sites for hydroxylation is 2. The van der Waals surface area contributed by atoms with Gasteiger partial charge in [0.1, 0.15) is 5.82 Å². The van der Waals surface area contributed by atoms with Crippen LogP contribution in [0.3, 0.4) is 0 Å². The van der Waals surface area contributed by atoms with Gasteiger partial charge >= 0.3 is 0 Å². The summed E-state index contributed by atoms with van der Waals surface area (Å²) in [5.41, 5.74) is 2.26. The molecule has 18 heavy (non-hydrogen) atoms. The fourth-order valence-corrected chi connectivity index (χ4v) is 2.45. The molecule has 1 aliphatic rings. The van der Waals surface area contributed by atoms with Crippen LogP contribution in [-0.4, -0.2) is 42.4 Å². The molecule has 2 heterocycles.